The van der Waals surface area contributed by atoms with E-state index in [1.54, 1.807) is 14.1 Å². The van der Waals surface area contributed by atoms with Crippen LogP contribution in [0.25, 0.3) is 10.8 Å². The quantitative estimate of drug-likeness (QED) is 0.506. The monoisotopic (exact) mass is 460 g/mol. The minimum absolute atomic E-state index is 0.197. The predicted octanol–water partition coefficient (Wildman–Crippen LogP) is 2.55. The molecule has 3 aromatic rings. The maximum Gasteiger partial charge on any atom is 0.261 e. The Morgan fingerprint density at radius 3 is 2.12 bits per heavy atom. The zero-order valence-electron chi connectivity index (χ0n) is 20.1. The SMILES string of the molecule is CNC(Cc1ccc2ccccc2c1)C(=O)N(C)C(Cc1ccccc1)C(=O)NN(C)C(C)=O. The fourth-order valence-electron chi connectivity index (χ4n) is 3.88. The van der Waals surface area contributed by atoms with Crippen LogP contribution in [0.1, 0.15) is 18.1 Å². The Balaban J connectivity index is 1.81. The molecule has 0 bridgehead atoms. The molecule has 0 fully saturated rings. The summed E-state index contributed by atoms with van der Waals surface area (Å²) in [5.41, 5.74) is 4.54. The van der Waals surface area contributed by atoms with Crippen molar-refractivity contribution in [1.29, 1.82) is 0 Å². The van der Waals surface area contributed by atoms with Crippen LogP contribution in [-0.2, 0) is 27.2 Å². The summed E-state index contributed by atoms with van der Waals surface area (Å²) in [7, 11) is 4.86. The van der Waals surface area contributed by atoms with Crippen LogP contribution in [-0.4, -0.2) is 60.9 Å². The van der Waals surface area contributed by atoms with Gasteiger partial charge in [0, 0.05) is 27.4 Å². The number of carbonyl (C=O) groups excluding carboxylic acids is 3. The van der Waals surface area contributed by atoms with E-state index in [-0.39, 0.29) is 11.8 Å². The molecule has 0 radical (unpaired) electrons. The van der Waals surface area contributed by atoms with Gasteiger partial charge in [-0.05, 0) is 35.4 Å². The van der Waals surface area contributed by atoms with Gasteiger partial charge in [-0.25, -0.2) is 0 Å². The van der Waals surface area contributed by atoms with Gasteiger partial charge < -0.3 is 10.2 Å². The third-order valence-electron chi connectivity index (χ3n) is 6.04. The van der Waals surface area contributed by atoms with Crippen molar-refractivity contribution >= 4 is 28.5 Å². The van der Waals surface area contributed by atoms with Crippen molar-refractivity contribution in [1.82, 2.24) is 20.7 Å². The van der Waals surface area contributed by atoms with E-state index in [4.69, 9.17) is 0 Å². The maximum absolute atomic E-state index is 13.5. The number of likely N-dealkylation sites (N-methyl/N-ethyl adjacent to an activating group) is 2. The molecule has 178 valence electrons. The summed E-state index contributed by atoms with van der Waals surface area (Å²) in [5.74, 6) is -0.916. The van der Waals surface area contributed by atoms with Crippen LogP contribution in [0.2, 0.25) is 0 Å². The van der Waals surface area contributed by atoms with E-state index in [0.29, 0.717) is 12.8 Å². The van der Waals surface area contributed by atoms with Crippen LogP contribution < -0.4 is 10.7 Å². The van der Waals surface area contributed by atoms with Crippen LogP contribution in [0.15, 0.2) is 72.8 Å². The van der Waals surface area contributed by atoms with Crippen LogP contribution >= 0.6 is 0 Å². The van der Waals surface area contributed by atoms with Gasteiger partial charge in [-0.2, -0.15) is 0 Å². The summed E-state index contributed by atoms with van der Waals surface area (Å²) >= 11 is 0. The predicted molar refractivity (Wildman–Crippen MR) is 134 cm³/mol. The number of amides is 3. The maximum atomic E-state index is 13.5. The van der Waals surface area contributed by atoms with E-state index in [9.17, 15) is 14.4 Å². The van der Waals surface area contributed by atoms with Crippen LogP contribution in [0.4, 0.5) is 0 Å². The van der Waals surface area contributed by atoms with Gasteiger partial charge in [0.25, 0.3) is 5.91 Å². The topological polar surface area (TPSA) is 81.8 Å². The zero-order valence-corrected chi connectivity index (χ0v) is 20.1. The standard InChI is InChI=1S/C27H32N4O3/c1-19(32)31(4)29-26(33)25(18-20-10-6-5-7-11-20)30(3)27(34)24(28-2)17-21-14-15-22-12-8-9-13-23(22)16-21/h5-16,24-25,28H,17-18H2,1-4H3,(H,29,33). The Bertz CT molecular complexity index is 1150. The van der Waals surface area contributed by atoms with Crippen molar-refractivity contribution < 1.29 is 14.4 Å². The second kappa shape index (κ2) is 11.4. The molecule has 2 atom stereocenters. The smallest absolute Gasteiger partial charge is 0.261 e. The fourth-order valence-corrected chi connectivity index (χ4v) is 3.88. The van der Waals surface area contributed by atoms with Crippen LogP contribution in [0.3, 0.4) is 0 Å². The number of carbonyl (C=O) groups is 3. The largest absolute Gasteiger partial charge is 0.332 e. The molecule has 2 unspecified atom stereocenters. The molecule has 34 heavy (non-hydrogen) atoms. The van der Waals surface area contributed by atoms with Crippen molar-refractivity contribution in [3.8, 4) is 0 Å². The summed E-state index contributed by atoms with van der Waals surface area (Å²) in [5, 5.41) is 6.50. The number of hydrogen-bond acceptors (Lipinski definition) is 4. The minimum atomic E-state index is -0.788. The highest BCUT2D eigenvalue weighted by Crippen LogP contribution is 2.18. The number of nitrogens with one attached hydrogen (secondary N) is 2. The van der Waals surface area contributed by atoms with E-state index in [1.807, 2.05) is 54.6 Å². The van der Waals surface area contributed by atoms with Crippen molar-refractivity contribution in [3.05, 3.63) is 83.9 Å². The molecule has 0 aliphatic heterocycles. The van der Waals surface area contributed by atoms with E-state index in [0.717, 1.165) is 26.9 Å². The normalized spacial score (nSPS) is 12.6. The summed E-state index contributed by atoms with van der Waals surface area (Å²) in [4.78, 5) is 39.7. The van der Waals surface area contributed by atoms with Crippen molar-refractivity contribution in [2.24, 2.45) is 0 Å². The average molecular weight is 461 g/mol. The highest BCUT2D eigenvalue weighted by Gasteiger charge is 2.31. The van der Waals surface area contributed by atoms with Gasteiger partial charge in [0.15, 0.2) is 0 Å². The first-order chi connectivity index (χ1) is 16.3. The molecule has 0 saturated heterocycles. The molecule has 3 amide bonds. The van der Waals surface area contributed by atoms with Gasteiger partial charge in [0.2, 0.25) is 11.8 Å². The lowest BCUT2D eigenvalue weighted by atomic mass is 9.99. The van der Waals surface area contributed by atoms with E-state index in [1.165, 1.54) is 18.9 Å². The molecule has 0 aromatic heterocycles. The molecule has 3 aromatic carbocycles. The van der Waals surface area contributed by atoms with Crippen molar-refractivity contribution in [2.45, 2.75) is 31.8 Å². The van der Waals surface area contributed by atoms with Crippen molar-refractivity contribution in [3.63, 3.8) is 0 Å². The van der Waals surface area contributed by atoms with Crippen molar-refractivity contribution in [2.75, 3.05) is 21.1 Å². The van der Waals surface area contributed by atoms with E-state index in [2.05, 4.69) is 28.9 Å². The summed E-state index contributed by atoms with van der Waals surface area (Å²) in [6.45, 7) is 1.36. The fraction of sp³-hybridized carbons (Fsp3) is 0.296. The molecular formula is C27H32N4O3. The zero-order chi connectivity index (χ0) is 24.7. The average Bonchev–Trinajstić information content (AvgIpc) is 2.85. The Labute approximate surface area is 200 Å². The van der Waals surface area contributed by atoms with Gasteiger partial charge >= 0.3 is 0 Å². The lowest BCUT2D eigenvalue weighted by Crippen LogP contribution is -2.57. The molecule has 7 heteroatoms. The Morgan fingerprint density at radius 1 is 0.824 bits per heavy atom. The molecule has 7 nitrogen and oxygen atoms in total. The number of benzene rings is 3. The van der Waals surface area contributed by atoms with Crippen LogP contribution in [0.5, 0.6) is 0 Å². The second-order valence-corrected chi connectivity index (χ2v) is 8.44. The minimum Gasteiger partial charge on any atom is -0.332 e. The molecule has 0 saturated carbocycles. The van der Waals surface area contributed by atoms with Gasteiger partial charge in [0.1, 0.15) is 6.04 Å². The molecule has 0 heterocycles. The highest BCUT2D eigenvalue weighted by molar-refractivity contribution is 5.91. The number of fused-ring (bicyclic) bond motifs is 1. The van der Waals surface area contributed by atoms with Gasteiger partial charge in [-0.1, -0.05) is 72.8 Å². The molecular weight excluding hydrogens is 428 g/mol. The van der Waals surface area contributed by atoms with E-state index < -0.39 is 18.0 Å². The Hall–Kier alpha value is -3.71. The number of rotatable bonds is 8. The first-order valence-electron chi connectivity index (χ1n) is 11.3. The number of nitrogens with zero attached hydrogens (tertiary/aromatic N) is 2. The van der Waals surface area contributed by atoms with Gasteiger partial charge in [-0.3, -0.25) is 24.8 Å². The molecule has 0 aliphatic carbocycles. The molecule has 2 N–H and O–H groups in total. The van der Waals surface area contributed by atoms with Crippen LogP contribution in [0, 0.1) is 0 Å². The van der Waals surface area contributed by atoms with Gasteiger partial charge in [0.05, 0.1) is 6.04 Å². The summed E-state index contributed by atoms with van der Waals surface area (Å²) < 4.78 is 0. The molecule has 3 rings (SSSR count). The lowest BCUT2D eigenvalue weighted by molar-refractivity contribution is -0.145. The third kappa shape index (κ3) is 6.20. The third-order valence-corrected chi connectivity index (χ3v) is 6.04. The Kier molecular flexibility index (Phi) is 8.38. The first-order valence-corrected chi connectivity index (χ1v) is 11.3. The molecule has 0 spiro atoms. The van der Waals surface area contributed by atoms with Gasteiger partial charge in [-0.15, -0.1) is 0 Å². The number of hydrazine groups is 1. The summed E-state index contributed by atoms with van der Waals surface area (Å²) in [6, 6.07) is 22.5. The summed E-state index contributed by atoms with van der Waals surface area (Å²) in [6.07, 6.45) is 0.810. The Morgan fingerprint density at radius 2 is 1.47 bits per heavy atom. The molecule has 0 aliphatic rings. The second-order valence-electron chi connectivity index (χ2n) is 8.44. The highest BCUT2D eigenvalue weighted by atomic mass is 16.2. The number of hydrogen-bond donors (Lipinski definition) is 2. The first kappa shape index (κ1) is 24.9. The van der Waals surface area contributed by atoms with E-state index >= 15 is 0 Å². The lowest BCUT2D eigenvalue weighted by Gasteiger charge is -2.32.